The molecule has 0 fully saturated rings. The van der Waals surface area contributed by atoms with Crippen LogP contribution in [0.15, 0.2) is 42.5 Å². The molecule has 1 amide bonds. The van der Waals surface area contributed by atoms with Crippen molar-refractivity contribution in [2.45, 2.75) is 0 Å². The molecule has 3 aromatic rings. The second-order valence-electron chi connectivity index (χ2n) is 5.88. The van der Waals surface area contributed by atoms with Gasteiger partial charge in [-0.05, 0) is 36.4 Å². The highest BCUT2D eigenvalue weighted by Crippen LogP contribution is 2.34. The molecule has 146 valence electrons. The van der Waals surface area contributed by atoms with Gasteiger partial charge in [0.2, 0.25) is 0 Å². The molecule has 0 radical (unpaired) electrons. The smallest absolute Gasteiger partial charge is 0.276 e. The molecule has 1 aromatic heterocycles. The van der Waals surface area contributed by atoms with Gasteiger partial charge in [-0.3, -0.25) is 9.48 Å². The number of benzene rings is 2. The number of rotatable bonds is 6. The minimum Gasteiger partial charge on any atom is -0.493 e. The lowest BCUT2D eigenvalue weighted by molar-refractivity contribution is 0.102. The van der Waals surface area contributed by atoms with Crippen molar-refractivity contribution in [3.05, 3.63) is 53.2 Å². The molecule has 0 aliphatic carbocycles. The molecule has 8 heteroatoms. The van der Waals surface area contributed by atoms with Crippen molar-refractivity contribution in [2.24, 2.45) is 7.05 Å². The van der Waals surface area contributed by atoms with Crippen LogP contribution in [0.2, 0.25) is 5.02 Å². The molecule has 0 spiro atoms. The zero-order valence-corrected chi connectivity index (χ0v) is 16.7. The Kier molecular flexibility index (Phi) is 5.75. The van der Waals surface area contributed by atoms with Crippen molar-refractivity contribution in [2.75, 3.05) is 26.6 Å². The Bertz CT molecular complexity index is 1020. The minimum atomic E-state index is -0.372. The standard InChI is InChI=1S/C20H20ClN3O4/c1-24-16(12-8-9-17(26-2)18(10-12)27-3)11-15(23-24)20(25)22-14-7-5-6-13(21)19(14)28-4/h5-11H,1-4H3,(H,22,25). The summed E-state index contributed by atoms with van der Waals surface area (Å²) in [6, 6.07) is 12.3. The van der Waals surface area contributed by atoms with E-state index >= 15 is 0 Å². The molecule has 0 unspecified atom stereocenters. The van der Waals surface area contributed by atoms with Crippen molar-refractivity contribution in [3.8, 4) is 28.5 Å². The first kappa shape index (κ1) is 19.6. The molecule has 1 heterocycles. The summed E-state index contributed by atoms with van der Waals surface area (Å²) in [6.07, 6.45) is 0. The number of carbonyl (C=O) groups is 1. The third-order valence-electron chi connectivity index (χ3n) is 4.21. The van der Waals surface area contributed by atoms with Crippen molar-refractivity contribution < 1.29 is 19.0 Å². The summed E-state index contributed by atoms with van der Waals surface area (Å²) in [6.45, 7) is 0. The van der Waals surface area contributed by atoms with E-state index < -0.39 is 0 Å². The predicted octanol–water partition coefficient (Wildman–Crippen LogP) is 4.02. The van der Waals surface area contributed by atoms with E-state index in [0.29, 0.717) is 28.0 Å². The van der Waals surface area contributed by atoms with E-state index in [9.17, 15) is 4.79 Å². The second-order valence-corrected chi connectivity index (χ2v) is 6.29. The maximum atomic E-state index is 12.7. The average Bonchev–Trinajstić information content (AvgIpc) is 3.09. The Labute approximate surface area is 167 Å². The zero-order valence-electron chi connectivity index (χ0n) is 15.9. The van der Waals surface area contributed by atoms with Crippen molar-refractivity contribution in [1.29, 1.82) is 0 Å². The van der Waals surface area contributed by atoms with Crippen molar-refractivity contribution >= 4 is 23.2 Å². The van der Waals surface area contributed by atoms with Crippen LogP contribution in [-0.4, -0.2) is 37.0 Å². The molecule has 3 rings (SSSR count). The van der Waals surface area contributed by atoms with Gasteiger partial charge in [-0.2, -0.15) is 5.10 Å². The summed E-state index contributed by atoms with van der Waals surface area (Å²) in [7, 11) is 6.41. The van der Waals surface area contributed by atoms with Crippen LogP contribution in [-0.2, 0) is 7.05 Å². The summed E-state index contributed by atoms with van der Waals surface area (Å²) >= 11 is 6.10. The molecule has 0 aliphatic heterocycles. The number of para-hydroxylation sites is 1. The fourth-order valence-electron chi connectivity index (χ4n) is 2.85. The van der Waals surface area contributed by atoms with Gasteiger partial charge >= 0.3 is 0 Å². The Morgan fingerprint density at radius 3 is 2.46 bits per heavy atom. The predicted molar refractivity (Wildman–Crippen MR) is 108 cm³/mol. The highest BCUT2D eigenvalue weighted by molar-refractivity contribution is 6.32. The van der Waals surface area contributed by atoms with Gasteiger partial charge in [0, 0.05) is 12.6 Å². The van der Waals surface area contributed by atoms with Gasteiger partial charge in [-0.1, -0.05) is 17.7 Å². The lowest BCUT2D eigenvalue weighted by Crippen LogP contribution is -2.13. The van der Waals surface area contributed by atoms with E-state index in [1.165, 1.54) is 7.11 Å². The third kappa shape index (κ3) is 3.75. The number of ether oxygens (including phenoxy) is 3. The molecule has 7 nitrogen and oxygen atoms in total. The SMILES string of the molecule is COc1ccc(-c2cc(C(=O)Nc3cccc(Cl)c3OC)nn2C)cc1OC. The maximum Gasteiger partial charge on any atom is 0.276 e. The normalized spacial score (nSPS) is 10.5. The summed E-state index contributed by atoms with van der Waals surface area (Å²) in [5.74, 6) is 1.24. The number of methoxy groups -OCH3 is 3. The van der Waals surface area contributed by atoms with Crippen LogP contribution in [0.4, 0.5) is 5.69 Å². The van der Waals surface area contributed by atoms with Crippen LogP contribution in [0.3, 0.4) is 0 Å². The highest BCUT2D eigenvalue weighted by atomic mass is 35.5. The first-order chi connectivity index (χ1) is 13.5. The van der Waals surface area contributed by atoms with E-state index in [-0.39, 0.29) is 11.6 Å². The lowest BCUT2D eigenvalue weighted by Gasteiger charge is -2.10. The Morgan fingerprint density at radius 1 is 1.04 bits per heavy atom. The van der Waals surface area contributed by atoms with Crippen LogP contribution < -0.4 is 19.5 Å². The molecular weight excluding hydrogens is 382 g/mol. The maximum absolute atomic E-state index is 12.7. The molecule has 0 aliphatic rings. The van der Waals surface area contributed by atoms with Gasteiger partial charge < -0.3 is 19.5 Å². The molecular formula is C20H20ClN3O4. The molecule has 2 aromatic carbocycles. The third-order valence-corrected chi connectivity index (χ3v) is 4.51. The number of nitrogens with zero attached hydrogens (tertiary/aromatic N) is 2. The monoisotopic (exact) mass is 401 g/mol. The van der Waals surface area contributed by atoms with E-state index in [1.54, 1.807) is 56.3 Å². The summed E-state index contributed by atoms with van der Waals surface area (Å²) in [4.78, 5) is 12.7. The Hall–Kier alpha value is -3.19. The molecule has 0 bridgehead atoms. The number of nitrogens with one attached hydrogen (secondary N) is 1. The second kappa shape index (κ2) is 8.22. The molecule has 28 heavy (non-hydrogen) atoms. The largest absolute Gasteiger partial charge is 0.493 e. The number of hydrogen-bond acceptors (Lipinski definition) is 5. The van der Waals surface area contributed by atoms with Crippen LogP contribution in [0, 0.1) is 0 Å². The van der Waals surface area contributed by atoms with E-state index in [2.05, 4.69) is 10.4 Å². The number of anilines is 1. The summed E-state index contributed by atoms with van der Waals surface area (Å²) in [5, 5.41) is 7.51. The number of carbonyl (C=O) groups excluding carboxylic acids is 1. The lowest BCUT2D eigenvalue weighted by atomic mass is 10.1. The minimum absolute atomic E-state index is 0.259. The van der Waals surface area contributed by atoms with Gasteiger partial charge in [0.25, 0.3) is 5.91 Å². The Morgan fingerprint density at radius 2 is 1.79 bits per heavy atom. The van der Waals surface area contributed by atoms with Crippen molar-refractivity contribution in [1.82, 2.24) is 9.78 Å². The number of amides is 1. The van der Waals surface area contributed by atoms with Gasteiger partial charge in [-0.15, -0.1) is 0 Å². The van der Waals surface area contributed by atoms with Crippen LogP contribution in [0.1, 0.15) is 10.5 Å². The highest BCUT2D eigenvalue weighted by Gasteiger charge is 2.17. The van der Waals surface area contributed by atoms with Crippen molar-refractivity contribution in [3.63, 3.8) is 0 Å². The first-order valence-electron chi connectivity index (χ1n) is 8.38. The quantitative estimate of drug-likeness (QED) is 0.675. The first-order valence-corrected chi connectivity index (χ1v) is 8.76. The topological polar surface area (TPSA) is 74.6 Å². The molecule has 0 saturated carbocycles. The number of halogens is 1. The van der Waals surface area contributed by atoms with Crippen LogP contribution in [0.25, 0.3) is 11.3 Å². The Balaban J connectivity index is 1.90. The summed E-state index contributed by atoms with van der Waals surface area (Å²) in [5.41, 5.74) is 2.32. The fraction of sp³-hybridized carbons (Fsp3) is 0.200. The molecule has 0 saturated heterocycles. The van der Waals surface area contributed by atoms with Crippen LogP contribution in [0.5, 0.6) is 17.2 Å². The van der Waals surface area contributed by atoms with E-state index in [1.807, 2.05) is 12.1 Å². The number of hydrogen-bond donors (Lipinski definition) is 1. The summed E-state index contributed by atoms with van der Waals surface area (Å²) < 4.78 is 17.5. The number of aromatic nitrogens is 2. The molecule has 1 N–H and O–H groups in total. The van der Waals surface area contributed by atoms with Gasteiger partial charge in [0.1, 0.15) is 0 Å². The van der Waals surface area contributed by atoms with Gasteiger partial charge in [0.05, 0.1) is 37.7 Å². The van der Waals surface area contributed by atoms with Gasteiger partial charge in [-0.25, -0.2) is 0 Å². The van der Waals surface area contributed by atoms with E-state index in [4.69, 9.17) is 25.8 Å². The van der Waals surface area contributed by atoms with Crippen LogP contribution >= 0.6 is 11.6 Å². The number of aryl methyl sites for hydroxylation is 1. The van der Waals surface area contributed by atoms with Gasteiger partial charge in [0.15, 0.2) is 22.9 Å². The fourth-order valence-corrected chi connectivity index (χ4v) is 3.10. The van der Waals surface area contributed by atoms with E-state index in [0.717, 1.165) is 11.3 Å². The average molecular weight is 402 g/mol. The molecule has 0 atom stereocenters. The zero-order chi connectivity index (χ0) is 20.3.